The largest absolute Gasteiger partial charge is 0.476 e. The molecule has 0 radical (unpaired) electrons. The maximum Gasteiger partial charge on any atom is 0.361 e. The molecule has 1 aromatic rings. The van der Waals surface area contributed by atoms with Crippen molar-refractivity contribution in [2.45, 2.75) is 33.2 Å². The fourth-order valence-electron chi connectivity index (χ4n) is 1.48. The molecule has 0 bridgehead atoms. The van der Waals surface area contributed by atoms with Crippen molar-refractivity contribution >= 4 is 11.7 Å². The van der Waals surface area contributed by atoms with Gasteiger partial charge in [-0.1, -0.05) is 13.8 Å². The van der Waals surface area contributed by atoms with E-state index in [1.807, 2.05) is 0 Å². The Balaban J connectivity index is 3.54. The SMILES string of the molecule is CCn1nc(C(C)C)c([N+](=O)[O-])c1C(=O)O. The van der Waals surface area contributed by atoms with Gasteiger partial charge in [-0.25, -0.2) is 4.79 Å². The number of aryl methyl sites for hydroxylation is 1. The number of carboxylic acids is 1. The van der Waals surface area contributed by atoms with Crippen LogP contribution in [0.4, 0.5) is 5.69 Å². The smallest absolute Gasteiger partial charge is 0.361 e. The molecule has 0 saturated heterocycles. The van der Waals surface area contributed by atoms with Crippen molar-refractivity contribution in [3.05, 3.63) is 21.5 Å². The van der Waals surface area contributed by atoms with Crippen LogP contribution in [-0.4, -0.2) is 25.8 Å². The van der Waals surface area contributed by atoms with Crippen LogP contribution in [0.25, 0.3) is 0 Å². The lowest BCUT2D eigenvalue weighted by Crippen LogP contribution is -2.10. The van der Waals surface area contributed by atoms with Crippen LogP contribution in [0.2, 0.25) is 0 Å². The normalized spacial score (nSPS) is 10.8. The lowest BCUT2D eigenvalue weighted by atomic mass is 10.1. The molecular formula is C9H13N3O4. The number of hydrogen-bond donors (Lipinski definition) is 1. The van der Waals surface area contributed by atoms with E-state index in [1.165, 1.54) is 0 Å². The Labute approximate surface area is 91.8 Å². The minimum Gasteiger partial charge on any atom is -0.476 e. The molecule has 0 atom stereocenters. The van der Waals surface area contributed by atoms with Crippen LogP contribution >= 0.6 is 0 Å². The molecule has 0 aromatic carbocycles. The molecule has 88 valence electrons. The van der Waals surface area contributed by atoms with Crippen molar-refractivity contribution in [3.8, 4) is 0 Å². The first kappa shape index (κ1) is 12.2. The minimum atomic E-state index is -1.33. The van der Waals surface area contributed by atoms with E-state index in [4.69, 9.17) is 5.11 Å². The third-order valence-electron chi connectivity index (χ3n) is 2.19. The second-order valence-corrected chi connectivity index (χ2v) is 3.62. The molecule has 0 aliphatic heterocycles. The summed E-state index contributed by atoms with van der Waals surface area (Å²) in [6, 6.07) is 0. The molecule has 0 spiro atoms. The second kappa shape index (κ2) is 4.30. The number of aromatic nitrogens is 2. The highest BCUT2D eigenvalue weighted by molar-refractivity contribution is 5.91. The summed E-state index contributed by atoms with van der Waals surface area (Å²) in [6.07, 6.45) is 0. The van der Waals surface area contributed by atoms with Gasteiger partial charge in [-0.2, -0.15) is 5.10 Å². The molecule has 1 N–H and O–H groups in total. The average molecular weight is 227 g/mol. The van der Waals surface area contributed by atoms with Gasteiger partial charge in [-0.05, 0) is 6.92 Å². The number of hydrogen-bond acceptors (Lipinski definition) is 4. The standard InChI is InChI=1S/C9H13N3O4/c1-4-11-8(9(13)14)7(12(15)16)6(10-11)5(2)3/h5H,4H2,1-3H3,(H,13,14). The van der Waals surface area contributed by atoms with Crippen molar-refractivity contribution < 1.29 is 14.8 Å². The zero-order valence-corrected chi connectivity index (χ0v) is 9.30. The van der Waals surface area contributed by atoms with E-state index in [2.05, 4.69) is 5.10 Å². The van der Waals surface area contributed by atoms with Crippen molar-refractivity contribution in [2.75, 3.05) is 0 Å². The maximum absolute atomic E-state index is 11.0. The van der Waals surface area contributed by atoms with Crippen LogP contribution in [0, 0.1) is 10.1 Å². The number of nitro groups is 1. The Morgan fingerprint density at radius 2 is 2.19 bits per heavy atom. The van der Waals surface area contributed by atoms with Gasteiger partial charge in [0.1, 0.15) is 5.69 Å². The van der Waals surface area contributed by atoms with Crippen molar-refractivity contribution in [3.63, 3.8) is 0 Å². The summed E-state index contributed by atoms with van der Waals surface area (Å²) in [4.78, 5) is 21.2. The van der Waals surface area contributed by atoms with E-state index in [-0.39, 0.29) is 23.9 Å². The molecule has 1 aromatic heterocycles. The monoisotopic (exact) mass is 227 g/mol. The van der Waals surface area contributed by atoms with E-state index in [0.717, 1.165) is 4.68 Å². The average Bonchev–Trinajstić information content (AvgIpc) is 2.56. The van der Waals surface area contributed by atoms with Crippen LogP contribution in [0.1, 0.15) is 42.9 Å². The molecule has 1 rings (SSSR count). The zero-order chi connectivity index (χ0) is 12.5. The Bertz CT molecular complexity index is 436. The number of nitrogens with zero attached hydrogens (tertiary/aromatic N) is 3. The number of carboxylic acid groups (broad SMARTS) is 1. The van der Waals surface area contributed by atoms with Gasteiger partial charge in [0.05, 0.1) is 4.92 Å². The molecule has 0 fully saturated rings. The number of carbonyl (C=O) groups is 1. The van der Waals surface area contributed by atoms with Gasteiger partial charge in [0, 0.05) is 12.5 Å². The van der Waals surface area contributed by atoms with Crippen LogP contribution in [0.5, 0.6) is 0 Å². The highest BCUT2D eigenvalue weighted by atomic mass is 16.6. The van der Waals surface area contributed by atoms with Gasteiger partial charge in [-0.3, -0.25) is 14.8 Å². The number of aromatic carboxylic acids is 1. The quantitative estimate of drug-likeness (QED) is 0.622. The summed E-state index contributed by atoms with van der Waals surface area (Å²) < 4.78 is 1.15. The Morgan fingerprint density at radius 3 is 2.50 bits per heavy atom. The maximum atomic E-state index is 11.0. The Morgan fingerprint density at radius 1 is 1.62 bits per heavy atom. The molecule has 0 amide bonds. The van der Waals surface area contributed by atoms with E-state index in [1.54, 1.807) is 20.8 Å². The summed E-state index contributed by atoms with van der Waals surface area (Å²) in [5, 5.41) is 23.8. The molecule has 1 heterocycles. The molecule has 16 heavy (non-hydrogen) atoms. The van der Waals surface area contributed by atoms with Gasteiger partial charge in [0.2, 0.25) is 5.69 Å². The van der Waals surface area contributed by atoms with Crippen LogP contribution in [0.15, 0.2) is 0 Å². The molecule has 0 unspecified atom stereocenters. The topological polar surface area (TPSA) is 98.3 Å². The molecule has 0 saturated carbocycles. The summed E-state index contributed by atoms with van der Waals surface area (Å²) in [7, 11) is 0. The molecule has 7 nitrogen and oxygen atoms in total. The van der Waals surface area contributed by atoms with E-state index in [0.29, 0.717) is 0 Å². The van der Waals surface area contributed by atoms with Gasteiger partial charge in [0.25, 0.3) is 0 Å². The predicted octanol–water partition coefficient (Wildman–Crippen LogP) is 1.63. The summed E-state index contributed by atoms with van der Waals surface area (Å²) in [6.45, 7) is 5.45. The molecular weight excluding hydrogens is 214 g/mol. The van der Waals surface area contributed by atoms with Crippen LogP contribution in [-0.2, 0) is 6.54 Å². The third kappa shape index (κ3) is 1.88. The van der Waals surface area contributed by atoms with Gasteiger partial charge < -0.3 is 5.11 Å². The minimum absolute atomic E-state index is 0.189. The first-order valence-electron chi connectivity index (χ1n) is 4.88. The van der Waals surface area contributed by atoms with Gasteiger partial charge in [0.15, 0.2) is 0 Å². The fourth-order valence-corrected chi connectivity index (χ4v) is 1.48. The van der Waals surface area contributed by atoms with E-state index < -0.39 is 16.6 Å². The van der Waals surface area contributed by atoms with Gasteiger partial charge >= 0.3 is 11.7 Å². The fraction of sp³-hybridized carbons (Fsp3) is 0.556. The summed E-state index contributed by atoms with van der Waals surface area (Å²) in [5.74, 6) is -1.51. The second-order valence-electron chi connectivity index (χ2n) is 3.62. The molecule has 0 aliphatic carbocycles. The zero-order valence-electron chi connectivity index (χ0n) is 9.30. The highest BCUT2D eigenvalue weighted by Gasteiger charge is 2.32. The van der Waals surface area contributed by atoms with Crippen LogP contribution in [0.3, 0.4) is 0 Å². The summed E-state index contributed by atoms with van der Waals surface area (Å²) >= 11 is 0. The Hall–Kier alpha value is -1.92. The number of rotatable bonds is 4. The van der Waals surface area contributed by atoms with Crippen molar-refractivity contribution in [2.24, 2.45) is 0 Å². The van der Waals surface area contributed by atoms with Gasteiger partial charge in [-0.15, -0.1) is 0 Å². The first-order chi connectivity index (χ1) is 7.40. The molecule has 7 heteroatoms. The summed E-state index contributed by atoms with van der Waals surface area (Å²) in [5.41, 5.74) is -0.537. The first-order valence-corrected chi connectivity index (χ1v) is 4.88. The lowest BCUT2D eigenvalue weighted by molar-refractivity contribution is -0.386. The predicted molar refractivity (Wildman–Crippen MR) is 55.6 cm³/mol. The van der Waals surface area contributed by atoms with E-state index >= 15 is 0 Å². The van der Waals surface area contributed by atoms with Crippen molar-refractivity contribution in [1.82, 2.24) is 9.78 Å². The van der Waals surface area contributed by atoms with E-state index in [9.17, 15) is 14.9 Å². The Kier molecular flexibility index (Phi) is 3.26. The van der Waals surface area contributed by atoms with Crippen LogP contribution < -0.4 is 0 Å². The highest BCUT2D eigenvalue weighted by Crippen LogP contribution is 2.29. The molecule has 0 aliphatic rings. The third-order valence-corrected chi connectivity index (χ3v) is 2.19. The lowest BCUT2D eigenvalue weighted by Gasteiger charge is -1.97. The van der Waals surface area contributed by atoms with Crippen molar-refractivity contribution in [1.29, 1.82) is 0 Å².